The monoisotopic (exact) mass is 212 g/mol. The van der Waals surface area contributed by atoms with E-state index in [1.807, 2.05) is 20.8 Å². The molecule has 15 heavy (non-hydrogen) atoms. The minimum Gasteiger partial charge on any atom is -0.490 e. The third-order valence-corrected chi connectivity index (χ3v) is 2.13. The first kappa shape index (κ1) is 12.0. The third-order valence-electron chi connectivity index (χ3n) is 2.13. The fourth-order valence-electron chi connectivity index (χ4n) is 1.04. The number of benzene rings is 1. The van der Waals surface area contributed by atoms with Gasteiger partial charge in [-0.3, -0.25) is 0 Å². The summed E-state index contributed by atoms with van der Waals surface area (Å²) in [5, 5.41) is 9.02. The van der Waals surface area contributed by atoms with Gasteiger partial charge in [-0.25, -0.2) is 4.39 Å². The number of hydrogen-bond donors (Lipinski definition) is 1. The van der Waals surface area contributed by atoms with Gasteiger partial charge >= 0.3 is 0 Å². The summed E-state index contributed by atoms with van der Waals surface area (Å²) < 4.78 is 18.6. The first-order valence-corrected chi connectivity index (χ1v) is 4.94. The van der Waals surface area contributed by atoms with E-state index in [1.54, 1.807) is 12.1 Å². The maximum absolute atomic E-state index is 13.3. The highest BCUT2D eigenvalue weighted by Crippen LogP contribution is 2.21. The van der Waals surface area contributed by atoms with Crippen molar-refractivity contribution in [2.45, 2.75) is 20.8 Å². The van der Waals surface area contributed by atoms with Crippen molar-refractivity contribution in [1.82, 2.24) is 0 Å². The standard InChI is InChI=1S/C12H17FO2/c1-9-4-5-10(13)11(6-9)15-8-12(2,3)7-14/h4-6,14H,7-8H2,1-3H3. The highest BCUT2D eigenvalue weighted by Gasteiger charge is 2.18. The molecule has 1 rings (SSSR count). The average Bonchev–Trinajstić information content (AvgIpc) is 2.20. The SMILES string of the molecule is Cc1ccc(F)c(OCC(C)(C)CO)c1. The van der Waals surface area contributed by atoms with E-state index in [0.717, 1.165) is 5.56 Å². The second-order valence-corrected chi connectivity index (χ2v) is 4.54. The summed E-state index contributed by atoms with van der Waals surface area (Å²) >= 11 is 0. The zero-order valence-electron chi connectivity index (χ0n) is 9.38. The minimum atomic E-state index is -0.366. The summed E-state index contributed by atoms with van der Waals surface area (Å²) in [6, 6.07) is 4.73. The Bertz CT molecular complexity index is 334. The van der Waals surface area contributed by atoms with Crippen molar-refractivity contribution in [1.29, 1.82) is 0 Å². The number of aliphatic hydroxyl groups excluding tert-OH is 1. The lowest BCUT2D eigenvalue weighted by Gasteiger charge is -2.22. The molecule has 0 amide bonds. The summed E-state index contributed by atoms with van der Waals surface area (Å²) in [6.07, 6.45) is 0. The molecule has 0 bridgehead atoms. The molecule has 1 aromatic rings. The molecule has 0 saturated heterocycles. The molecule has 0 aromatic heterocycles. The molecular weight excluding hydrogens is 195 g/mol. The quantitative estimate of drug-likeness (QED) is 0.831. The van der Waals surface area contributed by atoms with Crippen molar-refractivity contribution < 1.29 is 14.2 Å². The summed E-state index contributed by atoms with van der Waals surface area (Å²) in [7, 11) is 0. The van der Waals surface area contributed by atoms with E-state index in [1.165, 1.54) is 6.07 Å². The topological polar surface area (TPSA) is 29.5 Å². The zero-order chi connectivity index (χ0) is 11.5. The fraction of sp³-hybridized carbons (Fsp3) is 0.500. The van der Waals surface area contributed by atoms with Crippen molar-refractivity contribution in [2.24, 2.45) is 5.41 Å². The predicted octanol–water partition coefficient (Wildman–Crippen LogP) is 2.53. The molecule has 0 atom stereocenters. The normalized spacial score (nSPS) is 11.5. The molecular formula is C12H17FO2. The van der Waals surface area contributed by atoms with Crippen LogP contribution >= 0.6 is 0 Å². The van der Waals surface area contributed by atoms with Gasteiger partial charge in [0, 0.05) is 5.41 Å². The van der Waals surface area contributed by atoms with Gasteiger partial charge in [-0.05, 0) is 24.6 Å². The summed E-state index contributed by atoms with van der Waals surface area (Å²) in [6.45, 7) is 5.91. The summed E-state index contributed by atoms with van der Waals surface area (Å²) in [5.74, 6) is -0.120. The molecule has 0 fully saturated rings. The maximum atomic E-state index is 13.3. The van der Waals surface area contributed by atoms with Crippen LogP contribution in [0, 0.1) is 18.2 Å². The Kier molecular flexibility index (Phi) is 3.69. The van der Waals surface area contributed by atoms with Crippen LogP contribution in [-0.2, 0) is 0 Å². The Hall–Kier alpha value is -1.09. The lowest BCUT2D eigenvalue weighted by atomic mass is 9.96. The summed E-state index contributed by atoms with van der Waals surface area (Å²) in [4.78, 5) is 0. The molecule has 0 heterocycles. The van der Waals surface area contributed by atoms with Crippen molar-refractivity contribution in [3.05, 3.63) is 29.6 Å². The van der Waals surface area contributed by atoms with Crippen molar-refractivity contribution in [3.63, 3.8) is 0 Å². The second kappa shape index (κ2) is 4.62. The van der Waals surface area contributed by atoms with Crippen LogP contribution in [0.25, 0.3) is 0 Å². The van der Waals surface area contributed by atoms with Crippen LogP contribution < -0.4 is 4.74 Å². The molecule has 1 N–H and O–H groups in total. The van der Waals surface area contributed by atoms with E-state index >= 15 is 0 Å². The van der Waals surface area contributed by atoms with Crippen molar-refractivity contribution in [3.8, 4) is 5.75 Å². The number of rotatable bonds is 4. The second-order valence-electron chi connectivity index (χ2n) is 4.54. The number of ether oxygens (including phenoxy) is 1. The van der Waals surface area contributed by atoms with E-state index in [9.17, 15) is 4.39 Å². The van der Waals surface area contributed by atoms with Crippen LogP contribution in [0.5, 0.6) is 5.75 Å². The van der Waals surface area contributed by atoms with Crippen molar-refractivity contribution >= 4 is 0 Å². The smallest absolute Gasteiger partial charge is 0.165 e. The summed E-state index contributed by atoms with van der Waals surface area (Å²) in [5.41, 5.74) is 0.601. The molecule has 2 nitrogen and oxygen atoms in total. The van der Waals surface area contributed by atoms with Gasteiger partial charge in [-0.15, -0.1) is 0 Å². The van der Waals surface area contributed by atoms with Crippen LogP contribution in [0.1, 0.15) is 19.4 Å². The lowest BCUT2D eigenvalue weighted by Crippen LogP contribution is -2.25. The van der Waals surface area contributed by atoms with Crippen molar-refractivity contribution in [2.75, 3.05) is 13.2 Å². The first-order valence-electron chi connectivity index (χ1n) is 4.94. The van der Waals surface area contributed by atoms with Crippen LogP contribution in [-0.4, -0.2) is 18.3 Å². The van der Waals surface area contributed by atoms with Gasteiger partial charge in [-0.2, -0.15) is 0 Å². The number of aliphatic hydroxyl groups is 1. The fourth-order valence-corrected chi connectivity index (χ4v) is 1.04. The van der Waals surface area contributed by atoms with Gasteiger partial charge < -0.3 is 9.84 Å². The van der Waals surface area contributed by atoms with Crippen LogP contribution in [0.15, 0.2) is 18.2 Å². The largest absolute Gasteiger partial charge is 0.490 e. The minimum absolute atomic E-state index is 0.0143. The van der Waals surface area contributed by atoms with E-state index < -0.39 is 0 Å². The number of aryl methyl sites for hydroxylation is 1. The third kappa shape index (κ3) is 3.51. The zero-order valence-corrected chi connectivity index (χ0v) is 9.38. The first-order chi connectivity index (χ1) is 6.94. The molecule has 0 spiro atoms. The van der Waals surface area contributed by atoms with Gasteiger partial charge in [0.15, 0.2) is 11.6 Å². The van der Waals surface area contributed by atoms with E-state index in [-0.39, 0.29) is 23.6 Å². The van der Waals surface area contributed by atoms with Gasteiger partial charge in [0.2, 0.25) is 0 Å². The van der Waals surface area contributed by atoms with E-state index in [2.05, 4.69) is 0 Å². The maximum Gasteiger partial charge on any atom is 0.165 e. The van der Waals surface area contributed by atoms with Crippen LogP contribution in [0.2, 0.25) is 0 Å². The van der Waals surface area contributed by atoms with Gasteiger partial charge in [0.05, 0.1) is 13.2 Å². The Balaban J connectivity index is 2.69. The highest BCUT2D eigenvalue weighted by atomic mass is 19.1. The lowest BCUT2D eigenvalue weighted by molar-refractivity contribution is 0.0953. The number of hydrogen-bond acceptors (Lipinski definition) is 2. The highest BCUT2D eigenvalue weighted by molar-refractivity contribution is 5.29. The van der Waals surface area contributed by atoms with Crippen LogP contribution in [0.3, 0.4) is 0 Å². The molecule has 0 aliphatic rings. The molecule has 0 unspecified atom stereocenters. The molecule has 84 valence electrons. The molecule has 0 aliphatic carbocycles. The Morgan fingerprint density at radius 1 is 1.40 bits per heavy atom. The Morgan fingerprint density at radius 3 is 2.67 bits per heavy atom. The number of halogens is 1. The van der Waals surface area contributed by atoms with E-state index in [4.69, 9.17) is 9.84 Å². The molecule has 3 heteroatoms. The molecule has 0 saturated carbocycles. The van der Waals surface area contributed by atoms with Gasteiger partial charge in [-0.1, -0.05) is 19.9 Å². The van der Waals surface area contributed by atoms with Gasteiger partial charge in [0.1, 0.15) is 0 Å². The van der Waals surface area contributed by atoms with Gasteiger partial charge in [0.25, 0.3) is 0 Å². The van der Waals surface area contributed by atoms with Crippen LogP contribution in [0.4, 0.5) is 4.39 Å². The molecule has 0 radical (unpaired) electrons. The Morgan fingerprint density at radius 2 is 2.07 bits per heavy atom. The predicted molar refractivity (Wildman–Crippen MR) is 57.5 cm³/mol. The average molecular weight is 212 g/mol. The molecule has 0 aliphatic heterocycles. The Labute approximate surface area is 89.7 Å². The molecule has 1 aromatic carbocycles. The van der Waals surface area contributed by atoms with E-state index in [0.29, 0.717) is 6.61 Å².